The first-order valence-corrected chi connectivity index (χ1v) is 12.0. The zero-order valence-electron chi connectivity index (χ0n) is 19.2. The summed E-state index contributed by atoms with van der Waals surface area (Å²) in [6.45, 7) is 2.43. The van der Waals surface area contributed by atoms with Crippen LogP contribution in [0, 0.1) is 17.5 Å². The maximum Gasteiger partial charge on any atom is 0.328 e. The van der Waals surface area contributed by atoms with E-state index in [0.717, 1.165) is 43.3 Å². The summed E-state index contributed by atoms with van der Waals surface area (Å²) in [6, 6.07) is 0. The number of nitrogens with zero attached hydrogens (tertiary/aromatic N) is 1. The third-order valence-electron chi connectivity index (χ3n) is 6.08. The second-order valence-corrected chi connectivity index (χ2v) is 9.04. The molecule has 0 radical (unpaired) electrons. The van der Waals surface area contributed by atoms with Crippen molar-refractivity contribution in [1.29, 1.82) is 0 Å². The summed E-state index contributed by atoms with van der Waals surface area (Å²) in [6.07, 6.45) is 7.11. The minimum Gasteiger partial charge on any atom is -0.385 e. The molecule has 1 fully saturated rings. The Morgan fingerprint density at radius 3 is 2.47 bits per heavy atom. The van der Waals surface area contributed by atoms with Gasteiger partial charge < -0.3 is 14.6 Å². The summed E-state index contributed by atoms with van der Waals surface area (Å²) in [5.74, 6) is -1.08. The monoisotopic (exact) mass is 472 g/mol. The summed E-state index contributed by atoms with van der Waals surface area (Å²) in [5, 5.41) is 10.5. The van der Waals surface area contributed by atoms with Gasteiger partial charge in [-0.1, -0.05) is 57.2 Å². The number of ketones is 1. The highest BCUT2D eigenvalue weighted by molar-refractivity contribution is 7.71. The van der Waals surface area contributed by atoms with Gasteiger partial charge in [0.2, 0.25) is 0 Å². The average molecular weight is 473 g/mol. The van der Waals surface area contributed by atoms with Gasteiger partial charge in [-0.3, -0.25) is 14.3 Å². The maximum absolute atomic E-state index is 14.9. The van der Waals surface area contributed by atoms with Gasteiger partial charge in [0.05, 0.1) is 12.5 Å². The highest BCUT2D eigenvalue weighted by atomic mass is 32.1. The molecule has 2 N–H and O–H groups in total. The number of aromatic nitrogens is 2. The van der Waals surface area contributed by atoms with Crippen LogP contribution in [0.25, 0.3) is 0 Å². The minimum atomic E-state index is -1.66. The number of aliphatic hydroxyl groups is 1. The molecule has 1 aliphatic rings. The largest absolute Gasteiger partial charge is 0.385 e. The Morgan fingerprint density at radius 1 is 1.25 bits per heavy atom. The van der Waals surface area contributed by atoms with Crippen LogP contribution in [0.3, 0.4) is 0 Å². The number of rotatable bonds is 15. The van der Waals surface area contributed by atoms with Gasteiger partial charge >= 0.3 is 5.69 Å². The van der Waals surface area contributed by atoms with E-state index in [9.17, 15) is 19.1 Å². The minimum absolute atomic E-state index is 0.0820. The number of alkyl halides is 1. The lowest BCUT2D eigenvalue weighted by atomic mass is 9.94. The van der Waals surface area contributed by atoms with E-state index in [-0.39, 0.29) is 17.0 Å². The van der Waals surface area contributed by atoms with Crippen molar-refractivity contribution in [3.8, 4) is 0 Å². The van der Waals surface area contributed by atoms with Crippen LogP contribution in [-0.4, -0.2) is 53.0 Å². The molecule has 1 saturated heterocycles. The standard InChI is InChI=1S/C23H37FN2O5S/c1-16-14-26(23(29)25-21(16)32)22(28)20-19(24)17(15-31-20)18(27)12-10-8-6-4-3-5-7-9-11-13-30-2/h14,17,19-20,22,28H,3-13,15H2,1-2H3,(H,25,29,32)/t17-,19-,20-,22?/m0/s1. The quantitative estimate of drug-likeness (QED) is 0.294. The number of H-pyrrole nitrogens is 1. The number of aryl methyl sites for hydroxylation is 1. The number of ether oxygens (including phenoxy) is 2. The molecule has 2 heterocycles. The fourth-order valence-electron chi connectivity index (χ4n) is 4.06. The summed E-state index contributed by atoms with van der Waals surface area (Å²) >= 11 is 4.99. The van der Waals surface area contributed by atoms with Gasteiger partial charge in [0.25, 0.3) is 0 Å². The topological polar surface area (TPSA) is 93.6 Å². The molecule has 0 amide bonds. The Morgan fingerprint density at radius 2 is 1.84 bits per heavy atom. The van der Waals surface area contributed by atoms with Crippen molar-refractivity contribution in [1.82, 2.24) is 9.55 Å². The van der Waals surface area contributed by atoms with E-state index in [1.54, 1.807) is 14.0 Å². The van der Waals surface area contributed by atoms with Crippen LogP contribution in [0.2, 0.25) is 0 Å². The fraction of sp³-hybridized carbons (Fsp3) is 0.783. The highest BCUT2D eigenvalue weighted by Crippen LogP contribution is 2.31. The second-order valence-electron chi connectivity index (χ2n) is 8.63. The lowest BCUT2D eigenvalue weighted by molar-refractivity contribution is -0.124. The van der Waals surface area contributed by atoms with Gasteiger partial charge in [-0.15, -0.1) is 0 Å². The second kappa shape index (κ2) is 14.0. The van der Waals surface area contributed by atoms with E-state index >= 15 is 0 Å². The number of hydrogen-bond acceptors (Lipinski definition) is 6. The summed E-state index contributed by atoms with van der Waals surface area (Å²) in [5.41, 5.74) is -0.0700. The van der Waals surface area contributed by atoms with Crippen LogP contribution < -0.4 is 5.69 Å². The highest BCUT2D eigenvalue weighted by Gasteiger charge is 2.45. The molecule has 0 bridgehead atoms. The number of carbonyl (C=O) groups is 1. The van der Waals surface area contributed by atoms with Crippen LogP contribution in [0.4, 0.5) is 4.39 Å². The Labute approximate surface area is 194 Å². The number of carbonyl (C=O) groups excluding carboxylic acids is 1. The Bertz CT molecular complexity index is 827. The first kappa shape index (κ1) is 26.8. The van der Waals surface area contributed by atoms with Gasteiger partial charge in [-0.05, 0) is 19.8 Å². The number of halogens is 1. The van der Waals surface area contributed by atoms with Crippen LogP contribution in [-0.2, 0) is 14.3 Å². The zero-order chi connectivity index (χ0) is 23.5. The smallest absolute Gasteiger partial charge is 0.328 e. The summed E-state index contributed by atoms with van der Waals surface area (Å²) in [7, 11) is 1.73. The van der Waals surface area contributed by atoms with Gasteiger partial charge in [-0.2, -0.15) is 0 Å². The third-order valence-corrected chi connectivity index (χ3v) is 6.50. The first-order valence-electron chi connectivity index (χ1n) is 11.6. The summed E-state index contributed by atoms with van der Waals surface area (Å²) in [4.78, 5) is 27.0. The van der Waals surface area contributed by atoms with Crippen molar-refractivity contribution < 1.29 is 23.8 Å². The molecule has 0 aliphatic carbocycles. The third kappa shape index (κ3) is 7.86. The molecule has 1 aliphatic heterocycles. The summed E-state index contributed by atoms with van der Waals surface area (Å²) < 4.78 is 26.6. The van der Waals surface area contributed by atoms with Crippen molar-refractivity contribution in [3.63, 3.8) is 0 Å². The molecule has 9 heteroatoms. The molecule has 1 aromatic heterocycles. The van der Waals surface area contributed by atoms with Crippen molar-refractivity contribution in [2.24, 2.45) is 5.92 Å². The van der Waals surface area contributed by atoms with Crippen LogP contribution in [0.15, 0.2) is 11.0 Å². The maximum atomic E-state index is 14.9. The molecule has 1 aromatic rings. The van der Waals surface area contributed by atoms with Gasteiger partial charge in [0.15, 0.2) is 6.23 Å². The Balaban J connectivity index is 1.68. The van der Waals surface area contributed by atoms with Crippen LogP contribution in [0.1, 0.15) is 76.0 Å². The average Bonchev–Trinajstić information content (AvgIpc) is 3.15. The predicted octanol–water partition coefficient (Wildman–Crippen LogP) is 4.17. The Hall–Kier alpha value is -1.42. The molecule has 0 aromatic carbocycles. The Kier molecular flexibility index (Phi) is 11.7. The van der Waals surface area contributed by atoms with Crippen LogP contribution >= 0.6 is 12.2 Å². The van der Waals surface area contributed by atoms with Gasteiger partial charge in [0.1, 0.15) is 22.7 Å². The van der Waals surface area contributed by atoms with E-state index < -0.39 is 30.1 Å². The van der Waals surface area contributed by atoms with E-state index in [0.29, 0.717) is 12.0 Å². The number of methoxy groups -OCH3 is 1. The van der Waals surface area contributed by atoms with E-state index in [4.69, 9.17) is 21.7 Å². The molecule has 0 saturated carbocycles. The molecule has 4 atom stereocenters. The van der Waals surface area contributed by atoms with E-state index in [2.05, 4.69) is 4.98 Å². The van der Waals surface area contributed by atoms with Crippen molar-refractivity contribution in [3.05, 3.63) is 26.9 Å². The number of aromatic amines is 1. The molecule has 32 heavy (non-hydrogen) atoms. The molecular formula is C23H37FN2O5S. The number of unbranched alkanes of at least 4 members (excludes halogenated alkanes) is 8. The molecule has 2 rings (SSSR count). The van der Waals surface area contributed by atoms with Gasteiger partial charge in [0, 0.05) is 31.9 Å². The first-order chi connectivity index (χ1) is 15.4. The normalized spacial score (nSPS) is 21.7. The van der Waals surface area contributed by atoms with Crippen LogP contribution in [0.5, 0.6) is 0 Å². The number of nitrogens with one attached hydrogen (secondary N) is 1. The zero-order valence-corrected chi connectivity index (χ0v) is 20.0. The molecule has 7 nitrogen and oxygen atoms in total. The number of hydrogen-bond donors (Lipinski definition) is 2. The SMILES string of the molecule is COCCCCCCCCCCCC(=O)[C@@H]1CO[C@H](C(O)n2cc(C)c(=S)[nH]c2=O)[C@H]1F. The molecule has 1 unspecified atom stereocenters. The predicted molar refractivity (Wildman–Crippen MR) is 123 cm³/mol. The lowest BCUT2D eigenvalue weighted by Gasteiger charge is -2.22. The number of Topliss-reactive ketones (excluding diaryl/α,β-unsaturated/α-hetero) is 1. The van der Waals surface area contributed by atoms with Crippen molar-refractivity contribution >= 4 is 18.0 Å². The van der Waals surface area contributed by atoms with Gasteiger partial charge in [-0.25, -0.2) is 9.18 Å². The number of aliphatic hydroxyl groups excluding tert-OH is 1. The van der Waals surface area contributed by atoms with E-state index in [1.807, 2.05) is 0 Å². The fourth-order valence-corrected chi connectivity index (χ4v) is 4.20. The van der Waals surface area contributed by atoms with Crippen molar-refractivity contribution in [2.45, 2.75) is 89.6 Å². The molecule has 182 valence electrons. The molecular weight excluding hydrogens is 435 g/mol. The molecule has 0 spiro atoms. The van der Waals surface area contributed by atoms with E-state index in [1.165, 1.54) is 31.9 Å². The van der Waals surface area contributed by atoms with Crippen molar-refractivity contribution in [2.75, 3.05) is 20.3 Å². The lowest BCUT2D eigenvalue weighted by Crippen LogP contribution is -2.39.